The molecule has 0 bridgehead atoms. The number of piperidine rings is 1. The van der Waals surface area contributed by atoms with Crippen molar-refractivity contribution in [3.05, 3.63) is 47.5 Å². The third-order valence-electron chi connectivity index (χ3n) is 4.83. The Morgan fingerprint density at radius 3 is 2.72 bits per heavy atom. The number of hydrogen-bond donors (Lipinski definition) is 2. The molecular weight excluding hydrogens is 316 g/mol. The molecule has 2 aromatic rings. The van der Waals surface area contributed by atoms with Crippen molar-refractivity contribution in [1.29, 1.82) is 0 Å². The summed E-state index contributed by atoms with van der Waals surface area (Å²) in [7, 11) is 1.71. The van der Waals surface area contributed by atoms with E-state index in [9.17, 15) is 4.79 Å². The van der Waals surface area contributed by atoms with Gasteiger partial charge in [-0.15, -0.1) is 0 Å². The van der Waals surface area contributed by atoms with E-state index in [0.29, 0.717) is 5.92 Å². The van der Waals surface area contributed by atoms with Gasteiger partial charge in [-0.25, -0.2) is 9.78 Å². The van der Waals surface area contributed by atoms with Crippen LogP contribution in [0.5, 0.6) is 5.75 Å². The third-order valence-corrected chi connectivity index (χ3v) is 4.83. The van der Waals surface area contributed by atoms with Crippen molar-refractivity contribution in [2.24, 2.45) is 0 Å². The number of nitrogens with one attached hydrogen (secondary N) is 2. The highest BCUT2D eigenvalue weighted by Gasteiger charge is 2.26. The van der Waals surface area contributed by atoms with E-state index >= 15 is 0 Å². The molecule has 0 spiro atoms. The van der Waals surface area contributed by atoms with Gasteiger partial charge in [-0.05, 0) is 44.2 Å². The average molecular weight is 342 g/mol. The average Bonchev–Trinajstić information content (AvgIpc) is 3.08. The van der Waals surface area contributed by atoms with Crippen molar-refractivity contribution in [2.75, 3.05) is 20.2 Å². The van der Waals surface area contributed by atoms with Gasteiger partial charge in [0.25, 0.3) is 0 Å². The van der Waals surface area contributed by atoms with E-state index in [2.05, 4.69) is 21.4 Å². The van der Waals surface area contributed by atoms with Crippen LogP contribution < -0.4 is 10.1 Å². The standard InChI is InChI=1S/C19H26N4O2/c1-13-12-20-18(21-13)14(2)22-19(24)23-10-8-15(9-11-23)16-6-4-5-7-17(16)25-3/h4-7,12,14-15H,8-11H2,1-3H3,(H,20,21)(H,22,24)/t14-/m0/s1. The van der Waals surface area contributed by atoms with Gasteiger partial charge >= 0.3 is 6.03 Å². The molecule has 1 aromatic carbocycles. The van der Waals surface area contributed by atoms with Gasteiger partial charge in [-0.1, -0.05) is 18.2 Å². The molecular formula is C19H26N4O2. The molecule has 3 rings (SSSR count). The van der Waals surface area contributed by atoms with Gasteiger partial charge in [0.2, 0.25) is 0 Å². The Kier molecular flexibility index (Phi) is 5.26. The summed E-state index contributed by atoms with van der Waals surface area (Å²) in [6.45, 7) is 5.39. The van der Waals surface area contributed by atoms with Crippen molar-refractivity contribution in [3.8, 4) is 5.75 Å². The summed E-state index contributed by atoms with van der Waals surface area (Å²) < 4.78 is 5.47. The molecule has 1 aliphatic heterocycles. The number of carbonyl (C=O) groups is 1. The number of carbonyl (C=O) groups excluding carboxylic acids is 1. The highest BCUT2D eigenvalue weighted by Crippen LogP contribution is 2.34. The summed E-state index contributed by atoms with van der Waals surface area (Å²) in [5.41, 5.74) is 2.23. The van der Waals surface area contributed by atoms with Gasteiger partial charge in [0.05, 0.1) is 13.2 Å². The number of methoxy groups -OCH3 is 1. The number of amides is 2. The van der Waals surface area contributed by atoms with E-state index in [-0.39, 0.29) is 12.1 Å². The maximum Gasteiger partial charge on any atom is 0.317 e. The number of ether oxygens (including phenoxy) is 1. The molecule has 2 heterocycles. The normalized spacial score (nSPS) is 16.5. The Balaban J connectivity index is 1.55. The molecule has 1 saturated heterocycles. The molecule has 0 radical (unpaired) electrons. The molecule has 6 nitrogen and oxygen atoms in total. The summed E-state index contributed by atoms with van der Waals surface area (Å²) in [5, 5.41) is 3.02. The number of aryl methyl sites for hydroxylation is 1. The van der Waals surface area contributed by atoms with Crippen LogP contribution in [0.3, 0.4) is 0 Å². The number of aromatic amines is 1. The van der Waals surface area contributed by atoms with Crippen LogP contribution in [0, 0.1) is 6.92 Å². The number of benzene rings is 1. The van der Waals surface area contributed by atoms with Crippen molar-refractivity contribution in [2.45, 2.75) is 38.6 Å². The molecule has 0 aliphatic carbocycles. The second kappa shape index (κ2) is 7.59. The maximum absolute atomic E-state index is 12.5. The monoisotopic (exact) mass is 342 g/mol. The molecule has 2 N–H and O–H groups in total. The number of H-pyrrole nitrogens is 1. The molecule has 1 fully saturated rings. The number of rotatable bonds is 4. The summed E-state index contributed by atoms with van der Waals surface area (Å²) in [4.78, 5) is 21.8. The fourth-order valence-electron chi connectivity index (χ4n) is 3.40. The fourth-order valence-corrected chi connectivity index (χ4v) is 3.40. The lowest BCUT2D eigenvalue weighted by Gasteiger charge is -2.33. The first-order chi connectivity index (χ1) is 12.1. The smallest absolute Gasteiger partial charge is 0.317 e. The van der Waals surface area contributed by atoms with Crippen molar-refractivity contribution < 1.29 is 9.53 Å². The van der Waals surface area contributed by atoms with Crippen molar-refractivity contribution in [3.63, 3.8) is 0 Å². The van der Waals surface area contributed by atoms with E-state index in [1.165, 1.54) is 5.56 Å². The van der Waals surface area contributed by atoms with Crippen LogP contribution in [-0.2, 0) is 0 Å². The van der Waals surface area contributed by atoms with Crippen LogP contribution in [0.4, 0.5) is 4.79 Å². The van der Waals surface area contributed by atoms with Gasteiger partial charge in [-0.3, -0.25) is 0 Å². The molecule has 2 amide bonds. The van der Waals surface area contributed by atoms with Crippen LogP contribution in [-0.4, -0.2) is 41.1 Å². The predicted octanol–water partition coefficient (Wildman–Crippen LogP) is 3.38. The summed E-state index contributed by atoms with van der Waals surface area (Å²) >= 11 is 0. The second-order valence-corrected chi connectivity index (χ2v) is 6.63. The first-order valence-corrected chi connectivity index (χ1v) is 8.78. The van der Waals surface area contributed by atoms with E-state index in [4.69, 9.17) is 4.74 Å². The minimum absolute atomic E-state index is 0.0278. The SMILES string of the molecule is COc1ccccc1C1CCN(C(=O)N[C@@H](C)c2ncc(C)[nH]2)CC1. The second-order valence-electron chi connectivity index (χ2n) is 6.63. The molecule has 1 aromatic heterocycles. The van der Waals surface area contributed by atoms with Crippen LogP contribution in [0.25, 0.3) is 0 Å². The van der Waals surface area contributed by atoms with Gasteiger partial charge in [-0.2, -0.15) is 0 Å². The third kappa shape index (κ3) is 3.95. The minimum Gasteiger partial charge on any atom is -0.496 e. The van der Waals surface area contributed by atoms with Crippen LogP contribution in [0.1, 0.15) is 48.8 Å². The quantitative estimate of drug-likeness (QED) is 0.895. The number of nitrogens with zero attached hydrogens (tertiary/aromatic N) is 2. The first-order valence-electron chi connectivity index (χ1n) is 8.78. The lowest BCUT2D eigenvalue weighted by Crippen LogP contribution is -2.45. The van der Waals surface area contributed by atoms with Gasteiger partial charge < -0.3 is 19.9 Å². The minimum atomic E-state index is -0.131. The lowest BCUT2D eigenvalue weighted by molar-refractivity contribution is 0.177. The van der Waals surface area contributed by atoms with Crippen LogP contribution >= 0.6 is 0 Å². The summed E-state index contributed by atoms with van der Waals surface area (Å²) in [5.74, 6) is 2.16. The fraction of sp³-hybridized carbons (Fsp3) is 0.474. The largest absolute Gasteiger partial charge is 0.496 e. The number of imidazole rings is 1. The highest BCUT2D eigenvalue weighted by atomic mass is 16.5. The zero-order valence-corrected chi connectivity index (χ0v) is 15.1. The zero-order chi connectivity index (χ0) is 17.8. The van der Waals surface area contributed by atoms with Crippen LogP contribution in [0.2, 0.25) is 0 Å². The predicted molar refractivity (Wildman–Crippen MR) is 96.8 cm³/mol. The van der Waals surface area contributed by atoms with Crippen LogP contribution in [0.15, 0.2) is 30.5 Å². The molecule has 0 saturated carbocycles. The van der Waals surface area contributed by atoms with E-state index < -0.39 is 0 Å². The van der Waals surface area contributed by atoms with E-state index in [1.807, 2.05) is 36.9 Å². The van der Waals surface area contributed by atoms with Crippen molar-refractivity contribution in [1.82, 2.24) is 20.2 Å². The molecule has 134 valence electrons. The number of aromatic nitrogens is 2. The Morgan fingerprint density at radius 2 is 2.08 bits per heavy atom. The summed E-state index contributed by atoms with van der Waals surface area (Å²) in [6.07, 6.45) is 3.67. The molecule has 0 unspecified atom stereocenters. The number of likely N-dealkylation sites (tertiary alicyclic amines) is 1. The van der Waals surface area contributed by atoms with Gasteiger partial charge in [0.1, 0.15) is 11.6 Å². The Labute approximate surface area is 148 Å². The van der Waals surface area contributed by atoms with E-state index in [0.717, 1.165) is 43.2 Å². The summed E-state index contributed by atoms with van der Waals surface area (Å²) in [6, 6.07) is 8.00. The molecule has 25 heavy (non-hydrogen) atoms. The van der Waals surface area contributed by atoms with E-state index in [1.54, 1.807) is 13.3 Å². The zero-order valence-electron chi connectivity index (χ0n) is 15.1. The maximum atomic E-state index is 12.5. The topological polar surface area (TPSA) is 70.2 Å². The molecule has 6 heteroatoms. The number of urea groups is 1. The van der Waals surface area contributed by atoms with Gasteiger partial charge in [0, 0.05) is 25.0 Å². The molecule has 1 aliphatic rings. The molecule has 1 atom stereocenters. The highest BCUT2D eigenvalue weighted by molar-refractivity contribution is 5.74. The van der Waals surface area contributed by atoms with Gasteiger partial charge in [0.15, 0.2) is 0 Å². The number of hydrogen-bond acceptors (Lipinski definition) is 3. The van der Waals surface area contributed by atoms with Crippen molar-refractivity contribution >= 4 is 6.03 Å². The number of para-hydroxylation sites is 1. The first kappa shape index (κ1) is 17.3. The lowest BCUT2D eigenvalue weighted by atomic mass is 9.89. The Morgan fingerprint density at radius 1 is 1.36 bits per heavy atom. The Hall–Kier alpha value is -2.50. The Bertz CT molecular complexity index is 720.